The van der Waals surface area contributed by atoms with Crippen LogP contribution >= 0.6 is 11.6 Å². The first-order valence-electron chi connectivity index (χ1n) is 10.6. The third-order valence-electron chi connectivity index (χ3n) is 6.02. The Morgan fingerprint density at radius 3 is 2.32 bits per heavy atom. The average molecular weight is 474 g/mol. The molecule has 0 fully saturated rings. The number of halogens is 2. The van der Waals surface area contributed by atoms with E-state index in [1.807, 2.05) is 31.3 Å². The summed E-state index contributed by atoms with van der Waals surface area (Å²) in [5.74, 6) is 0.127. The summed E-state index contributed by atoms with van der Waals surface area (Å²) in [6.07, 6.45) is 3.29. The van der Waals surface area contributed by atoms with Gasteiger partial charge in [-0.1, -0.05) is 41.9 Å². The van der Waals surface area contributed by atoms with Gasteiger partial charge in [0.2, 0.25) is 5.88 Å². The molecule has 170 valence electrons. The number of methoxy groups -OCH3 is 1. The first-order valence-corrected chi connectivity index (χ1v) is 11.0. The van der Waals surface area contributed by atoms with Crippen LogP contribution in [-0.2, 0) is 12.6 Å². The lowest BCUT2D eigenvalue weighted by Crippen LogP contribution is -2.31. The van der Waals surface area contributed by atoms with Gasteiger partial charge in [-0.25, -0.2) is 14.4 Å². The summed E-state index contributed by atoms with van der Waals surface area (Å²) in [6, 6.07) is 20.7. The Labute approximate surface area is 201 Å². The van der Waals surface area contributed by atoms with Crippen LogP contribution < -0.4 is 4.74 Å². The fourth-order valence-corrected chi connectivity index (χ4v) is 4.38. The van der Waals surface area contributed by atoms with Gasteiger partial charge in [0, 0.05) is 23.5 Å². The zero-order valence-corrected chi connectivity index (χ0v) is 19.3. The number of benzene rings is 3. The molecular formula is C27H21ClFN3O2. The highest BCUT2D eigenvalue weighted by molar-refractivity contribution is 6.30. The molecule has 2 aromatic heterocycles. The topological polar surface area (TPSA) is 60.2 Å². The third kappa shape index (κ3) is 3.71. The van der Waals surface area contributed by atoms with Crippen molar-refractivity contribution in [2.45, 2.75) is 5.60 Å². The average Bonchev–Trinajstić information content (AvgIpc) is 3.30. The van der Waals surface area contributed by atoms with Crippen LogP contribution in [0.2, 0.25) is 5.02 Å². The van der Waals surface area contributed by atoms with Crippen molar-refractivity contribution in [1.82, 2.24) is 14.5 Å². The van der Waals surface area contributed by atoms with E-state index in [4.69, 9.17) is 16.3 Å². The normalized spacial score (nSPS) is 13.1. The van der Waals surface area contributed by atoms with Gasteiger partial charge in [-0.05, 0) is 58.7 Å². The van der Waals surface area contributed by atoms with E-state index in [0.29, 0.717) is 33.2 Å². The number of aromatic nitrogens is 3. The lowest BCUT2D eigenvalue weighted by atomic mass is 9.82. The molecule has 0 aliphatic heterocycles. The highest BCUT2D eigenvalue weighted by Crippen LogP contribution is 2.40. The van der Waals surface area contributed by atoms with E-state index in [1.165, 1.54) is 12.1 Å². The number of ether oxygens (including phenoxy) is 1. The third-order valence-corrected chi connectivity index (χ3v) is 6.27. The molecule has 0 saturated heterocycles. The second-order valence-electron chi connectivity index (χ2n) is 8.06. The number of aliphatic hydroxyl groups is 1. The number of hydrogen-bond acceptors (Lipinski definition) is 4. The van der Waals surface area contributed by atoms with E-state index >= 15 is 0 Å². The number of imidazole rings is 1. The van der Waals surface area contributed by atoms with Gasteiger partial charge in [-0.3, -0.25) is 0 Å². The van der Waals surface area contributed by atoms with Gasteiger partial charge in [0.1, 0.15) is 5.82 Å². The number of nitrogens with zero attached hydrogens (tertiary/aromatic N) is 3. The van der Waals surface area contributed by atoms with Crippen LogP contribution in [0.5, 0.6) is 5.88 Å². The maximum atomic E-state index is 13.6. The predicted octanol–water partition coefficient (Wildman–Crippen LogP) is 5.72. The van der Waals surface area contributed by atoms with E-state index in [1.54, 1.807) is 60.6 Å². The Hall–Kier alpha value is -3.74. The molecule has 0 aliphatic rings. The van der Waals surface area contributed by atoms with Crippen molar-refractivity contribution in [2.75, 3.05) is 7.11 Å². The summed E-state index contributed by atoms with van der Waals surface area (Å²) in [4.78, 5) is 8.80. The Bertz CT molecular complexity index is 1480. The first-order chi connectivity index (χ1) is 16.4. The number of rotatable bonds is 5. The van der Waals surface area contributed by atoms with Gasteiger partial charge < -0.3 is 14.4 Å². The summed E-state index contributed by atoms with van der Waals surface area (Å²) in [7, 11) is 3.39. The summed E-state index contributed by atoms with van der Waals surface area (Å²) < 4.78 is 20.8. The summed E-state index contributed by atoms with van der Waals surface area (Å²) in [5, 5.41) is 13.6. The van der Waals surface area contributed by atoms with E-state index in [9.17, 15) is 9.50 Å². The molecule has 0 spiro atoms. The molecule has 5 aromatic rings. The van der Waals surface area contributed by atoms with Crippen LogP contribution in [0.25, 0.3) is 22.0 Å². The second-order valence-corrected chi connectivity index (χ2v) is 8.49. The van der Waals surface area contributed by atoms with Crippen molar-refractivity contribution in [3.63, 3.8) is 0 Å². The molecule has 0 amide bonds. The molecule has 34 heavy (non-hydrogen) atoms. The second kappa shape index (κ2) is 8.56. The number of aryl methyl sites for hydroxylation is 1. The van der Waals surface area contributed by atoms with Crippen molar-refractivity contribution in [1.29, 1.82) is 0 Å². The fraction of sp³-hybridized carbons (Fsp3) is 0.111. The van der Waals surface area contributed by atoms with Crippen LogP contribution in [0.1, 0.15) is 16.8 Å². The highest BCUT2D eigenvalue weighted by Gasteiger charge is 2.37. The maximum absolute atomic E-state index is 13.6. The fourth-order valence-electron chi connectivity index (χ4n) is 4.26. The van der Waals surface area contributed by atoms with Gasteiger partial charge >= 0.3 is 0 Å². The van der Waals surface area contributed by atoms with Gasteiger partial charge in [0.15, 0.2) is 5.60 Å². The quantitative estimate of drug-likeness (QED) is 0.354. The Balaban J connectivity index is 1.79. The minimum Gasteiger partial charge on any atom is -0.481 e. The monoisotopic (exact) mass is 473 g/mol. The molecule has 0 aliphatic carbocycles. The molecule has 7 heteroatoms. The van der Waals surface area contributed by atoms with Crippen LogP contribution in [0.3, 0.4) is 0 Å². The predicted molar refractivity (Wildman–Crippen MR) is 130 cm³/mol. The molecule has 0 saturated carbocycles. The molecule has 2 heterocycles. The van der Waals surface area contributed by atoms with Crippen molar-refractivity contribution in [2.24, 2.45) is 7.05 Å². The molecule has 3 aromatic carbocycles. The minimum absolute atomic E-state index is 0.317. The minimum atomic E-state index is -1.51. The van der Waals surface area contributed by atoms with E-state index in [0.717, 1.165) is 16.5 Å². The van der Waals surface area contributed by atoms with Gasteiger partial charge in [-0.15, -0.1) is 0 Å². The van der Waals surface area contributed by atoms with E-state index in [-0.39, 0.29) is 5.82 Å². The SMILES string of the molecule is COc1cc(-c2ccc(F)cc2)c2cc(C(O)(c3ccc(Cl)cc3)c3cncn3C)ccc2n1. The molecule has 5 rings (SSSR count). The summed E-state index contributed by atoms with van der Waals surface area (Å²) >= 11 is 6.12. The van der Waals surface area contributed by atoms with Crippen molar-refractivity contribution in [3.05, 3.63) is 113 Å². The van der Waals surface area contributed by atoms with E-state index in [2.05, 4.69) is 9.97 Å². The van der Waals surface area contributed by atoms with Crippen molar-refractivity contribution >= 4 is 22.5 Å². The Kier molecular flexibility index (Phi) is 5.55. The highest BCUT2D eigenvalue weighted by atomic mass is 35.5. The largest absolute Gasteiger partial charge is 0.481 e. The molecule has 0 bridgehead atoms. The van der Waals surface area contributed by atoms with Gasteiger partial charge in [0.05, 0.1) is 30.8 Å². The van der Waals surface area contributed by atoms with Crippen molar-refractivity contribution in [3.8, 4) is 17.0 Å². The van der Waals surface area contributed by atoms with Crippen LogP contribution in [-0.4, -0.2) is 26.8 Å². The van der Waals surface area contributed by atoms with Crippen LogP contribution in [0.4, 0.5) is 4.39 Å². The number of fused-ring (bicyclic) bond motifs is 1. The number of hydrogen-bond donors (Lipinski definition) is 1. The van der Waals surface area contributed by atoms with Crippen LogP contribution in [0.15, 0.2) is 85.3 Å². The maximum Gasteiger partial charge on any atom is 0.214 e. The van der Waals surface area contributed by atoms with Crippen LogP contribution in [0, 0.1) is 5.82 Å². The zero-order valence-electron chi connectivity index (χ0n) is 18.5. The molecular weight excluding hydrogens is 453 g/mol. The lowest BCUT2D eigenvalue weighted by molar-refractivity contribution is 0.117. The molecule has 1 N–H and O–H groups in total. The Morgan fingerprint density at radius 1 is 0.971 bits per heavy atom. The van der Waals surface area contributed by atoms with E-state index < -0.39 is 5.60 Å². The Morgan fingerprint density at radius 2 is 1.68 bits per heavy atom. The first kappa shape index (κ1) is 22.1. The lowest BCUT2D eigenvalue weighted by Gasteiger charge is -2.30. The number of pyridine rings is 1. The van der Waals surface area contributed by atoms with Crippen molar-refractivity contribution < 1.29 is 14.2 Å². The van der Waals surface area contributed by atoms with Gasteiger partial charge in [-0.2, -0.15) is 0 Å². The smallest absolute Gasteiger partial charge is 0.214 e. The molecule has 1 unspecified atom stereocenters. The molecule has 1 atom stereocenters. The molecule has 0 radical (unpaired) electrons. The summed E-state index contributed by atoms with van der Waals surface area (Å²) in [5.41, 5.74) is 2.66. The standard InChI is InChI=1S/C27H21ClFN3O2/c1-32-16-30-15-25(32)27(33,18-5-8-20(28)9-6-18)19-7-12-24-23(13-19)22(14-26(31-24)34-2)17-3-10-21(29)11-4-17/h3-16,33H,1-2H3. The molecule has 5 nitrogen and oxygen atoms in total. The van der Waals surface area contributed by atoms with Gasteiger partial charge in [0.25, 0.3) is 0 Å². The summed E-state index contributed by atoms with van der Waals surface area (Å²) in [6.45, 7) is 0. The zero-order chi connectivity index (χ0) is 23.9.